The van der Waals surface area contributed by atoms with Gasteiger partial charge in [-0.25, -0.2) is 0 Å². The van der Waals surface area contributed by atoms with Crippen LogP contribution in [-0.4, -0.2) is 0 Å². The Balaban J connectivity index is 1.05. The molecule has 2 nitrogen and oxygen atoms in total. The fraction of sp³-hybridized carbons (Fsp3) is 0.217. The van der Waals surface area contributed by atoms with E-state index in [4.69, 9.17) is 4.42 Å². The van der Waals surface area contributed by atoms with Gasteiger partial charge in [-0.1, -0.05) is 209 Å². The Bertz CT molecular complexity index is 3800. The average Bonchev–Trinajstić information content (AvgIpc) is 4.03. The molecule has 0 saturated carbocycles. The Kier molecular flexibility index (Phi) is 9.09. The molecule has 10 aromatic rings. The number of anilines is 3. The summed E-state index contributed by atoms with van der Waals surface area (Å²) in [5.74, 6) is 0. The van der Waals surface area contributed by atoms with Gasteiger partial charge in [-0.3, -0.25) is 0 Å². The van der Waals surface area contributed by atoms with Crippen LogP contribution in [0.25, 0.3) is 55.3 Å². The largest absolute Gasteiger partial charge is 0.456 e. The number of nitrogens with zero attached hydrogens (tertiary/aromatic N) is 1. The van der Waals surface area contributed by atoms with E-state index in [0.29, 0.717) is 0 Å². The fourth-order valence-electron chi connectivity index (χ4n) is 13.2. The maximum absolute atomic E-state index is 6.97. The van der Waals surface area contributed by atoms with E-state index in [-0.39, 0.29) is 21.7 Å². The molecule has 0 fully saturated rings. The van der Waals surface area contributed by atoms with Gasteiger partial charge in [0.25, 0.3) is 0 Å². The first-order valence-electron chi connectivity index (χ1n) is 25.6. The zero-order valence-corrected chi connectivity index (χ0v) is 42.8. The second-order valence-electron chi connectivity index (χ2n) is 23.7. The van der Waals surface area contributed by atoms with Crippen molar-refractivity contribution in [3.63, 3.8) is 0 Å². The highest BCUT2D eigenvalue weighted by Crippen LogP contribution is 2.59. The molecule has 0 spiro atoms. The van der Waals surface area contributed by atoms with Gasteiger partial charge in [0.05, 0.1) is 5.41 Å². The minimum atomic E-state index is -0.530. The molecule has 3 aliphatic carbocycles. The van der Waals surface area contributed by atoms with Crippen LogP contribution in [-0.2, 0) is 27.1 Å². The van der Waals surface area contributed by atoms with Crippen LogP contribution in [0.4, 0.5) is 17.1 Å². The summed E-state index contributed by atoms with van der Waals surface area (Å²) in [4.78, 5) is 2.53. The van der Waals surface area contributed by atoms with E-state index in [9.17, 15) is 0 Å². The van der Waals surface area contributed by atoms with Crippen LogP contribution in [0, 0.1) is 0 Å². The summed E-state index contributed by atoms with van der Waals surface area (Å²) < 4.78 is 6.97. The lowest BCUT2D eigenvalue weighted by molar-refractivity contribution is 0.559. The molecule has 0 atom stereocenters. The predicted molar refractivity (Wildman–Crippen MR) is 298 cm³/mol. The second kappa shape index (κ2) is 14.8. The van der Waals surface area contributed by atoms with Crippen molar-refractivity contribution in [2.24, 2.45) is 0 Å². The molecule has 0 bridgehead atoms. The van der Waals surface area contributed by atoms with Crippen LogP contribution < -0.4 is 4.90 Å². The summed E-state index contributed by atoms with van der Waals surface area (Å²) in [7, 11) is 0. The first-order valence-corrected chi connectivity index (χ1v) is 25.6. The standard InChI is InChI=1S/C69H61NO/c1-65(2,3)44-38-53-63-61(71-64(53)60(39-44)66(4,5)6)36-35-57-62(63)52-34-32-47(41-59(52)68(57,9)10)70(46-31-33-51-48-25-14-17-28-54(48)67(7,8)58(51)40-46)45-24-20-23-43(37-45)69(42-21-12-11-13-22-42)55-29-18-15-26-49(55)50-27-16-19-30-56(50)69/h11-41H,1-10H3. The van der Waals surface area contributed by atoms with Crippen LogP contribution in [0.3, 0.4) is 0 Å². The van der Waals surface area contributed by atoms with Crippen molar-refractivity contribution < 1.29 is 4.42 Å². The van der Waals surface area contributed by atoms with Gasteiger partial charge in [0, 0.05) is 44.2 Å². The molecular formula is C69H61NO. The maximum Gasteiger partial charge on any atom is 0.139 e. The summed E-state index contributed by atoms with van der Waals surface area (Å²) >= 11 is 0. The molecule has 348 valence electrons. The maximum atomic E-state index is 6.97. The van der Waals surface area contributed by atoms with Crippen molar-refractivity contribution in [3.05, 3.63) is 244 Å². The number of fused-ring (bicyclic) bond motifs is 13. The monoisotopic (exact) mass is 919 g/mol. The highest BCUT2D eigenvalue weighted by molar-refractivity contribution is 6.16. The van der Waals surface area contributed by atoms with Crippen molar-refractivity contribution in [1.29, 1.82) is 0 Å². The number of furan rings is 1. The molecule has 1 heterocycles. The molecule has 0 amide bonds. The Morgan fingerprint density at radius 3 is 1.55 bits per heavy atom. The lowest BCUT2D eigenvalue weighted by atomic mass is 9.67. The van der Waals surface area contributed by atoms with Gasteiger partial charge < -0.3 is 9.32 Å². The van der Waals surface area contributed by atoms with E-state index < -0.39 is 5.41 Å². The third-order valence-electron chi connectivity index (χ3n) is 16.8. The highest BCUT2D eigenvalue weighted by Gasteiger charge is 2.46. The molecule has 0 N–H and O–H groups in total. The first kappa shape index (κ1) is 43.6. The molecule has 0 radical (unpaired) electrons. The van der Waals surface area contributed by atoms with Gasteiger partial charge in [-0.15, -0.1) is 0 Å². The number of hydrogen-bond donors (Lipinski definition) is 0. The first-order chi connectivity index (χ1) is 34.0. The summed E-state index contributed by atoms with van der Waals surface area (Å²) in [6, 6.07) is 71.5. The summed E-state index contributed by atoms with van der Waals surface area (Å²) in [6.45, 7) is 23.5. The minimum Gasteiger partial charge on any atom is -0.456 e. The van der Waals surface area contributed by atoms with Crippen LogP contribution >= 0.6 is 0 Å². The molecule has 0 aliphatic heterocycles. The Morgan fingerprint density at radius 2 is 0.915 bits per heavy atom. The Morgan fingerprint density at radius 1 is 0.394 bits per heavy atom. The summed E-state index contributed by atoms with van der Waals surface area (Å²) in [5.41, 5.74) is 25.2. The molecule has 0 saturated heterocycles. The predicted octanol–water partition coefficient (Wildman–Crippen LogP) is 18.6. The summed E-state index contributed by atoms with van der Waals surface area (Å²) in [6.07, 6.45) is 0. The van der Waals surface area contributed by atoms with E-state index in [0.717, 1.165) is 28.2 Å². The number of benzene rings is 9. The molecule has 9 aromatic carbocycles. The zero-order valence-electron chi connectivity index (χ0n) is 42.8. The quantitative estimate of drug-likeness (QED) is 0.171. The third-order valence-corrected chi connectivity index (χ3v) is 16.8. The summed E-state index contributed by atoms with van der Waals surface area (Å²) in [5, 5.41) is 2.44. The normalized spacial score (nSPS) is 15.5. The molecular weight excluding hydrogens is 859 g/mol. The topological polar surface area (TPSA) is 16.4 Å². The molecule has 1 aromatic heterocycles. The van der Waals surface area contributed by atoms with Gasteiger partial charge in [0.1, 0.15) is 11.2 Å². The van der Waals surface area contributed by atoms with Crippen molar-refractivity contribution >= 4 is 39.0 Å². The van der Waals surface area contributed by atoms with Crippen molar-refractivity contribution in [2.45, 2.75) is 96.3 Å². The molecule has 71 heavy (non-hydrogen) atoms. The average molecular weight is 920 g/mol. The Labute approximate surface area is 419 Å². The lowest BCUT2D eigenvalue weighted by Gasteiger charge is -2.35. The van der Waals surface area contributed by atoms with E-state index >= 15 is 0 Å². The van der Waals surface area contributed by atoms with Crippen molar-refractivity contribution in [1.82, 2.24) is 0 Å². The van der Waals surface area contributed by atoms with E-state index in [1.807, 2.05) is 0 Å². The van der Waals surface area contributed by atoms with Crippen LogP contribution in [0.2, 0.25) is 0 Å². The van der Waals surface area contributed by atoms with Gasteiger partial charge in [0.15, 0.2) is 0 Å². The highest BCUT2D eigenvalue weighted by atomic mass is 16.3. The lowest BCUT2D eigenvalue weighted by Crippen LogP contribution is -2.28. The Hall–Kier alpha value is -7.42. The number of rotatable bonds is 5. The second-order valence-corrected chi connectivity index (χ2v) is 23.7. The molecule has 0 unspecified atom stereocenters. The van der Waals surface area contributed by atoms with E-state index in [1.54, 1.807) is 0 Å². The van der Waals surface area contributed by atoms with E-state index in [1.165, 1.54) is 99.8 Å². The molecule has 2 heteroatoms. The minimum absolute atomic E-state index is 0.0244. The SMILES string of the molecule is CC(C)(C)c1cc(C(C)(C)C)c2oc3ccc4c(c3c2c1)-c1ccc(N(c2cccc(C3(c5ccccc5)c5ccccc5-c5ccccc53)c2)c2ccc3c(c2)C(C)(C)c2ccccc2-3)cc1C4(C)C. The third kappa shape index (κ3) is 6.07. The fourth-order valence-corrected chi connectivity index (χ4v) is 13.2. The smallest absolute Gasteiger partial charge is 0.139 e. The van der Waals surface area contributed by atoms with Gasteiger partial charge in [-0.2, -0.15) is 0 Å². The van der Waals surface area contributed by atoms with Crippen LogP contribution in [0.5, 0.6) is 0 Å². The molecule has 3 aliphatic rings. The van der Waals surface area contributed by atoms with Crippen LogP contribution in [0.15, 0.2) is 192 Å². The molecule has 13 rings (SSSR count). The van der Waals surface area contributed by atoms with Gasteiger partial charge >= 0.3 is 0 Å². The number of hydrogen-bond acceptors (Lipinski definition) is 2. The van der Waals surface area contributed by atoms with Gasteiger partial charge in [0.2, 0.25) is 0 Å². The zero-order chi connectivity index (χ0) is 49.0. The van der Waals surface area contributed by atoms with Gasteiger partial charge in [-0.05, 0) is 143 Å². The van der Waals surface area contributed by atoms with E-state index in [2.05, 4.69) is 262 Å². The van der Waals surface area contributed by atoms with Crippen molar-refractivity contribution in [3.8, 4) is 33.4 Å². The van der Waals surface area contributed by atoms with Crippen LogP contribution in [0.1, 0.15) is 125 Å². The van der Waals surface area contributed by atoms with Crippen molar-refractivity contribution in [2.75, 3.05) is 4.90 Å².